The summed E-state index contributed by atoms with van der Waals surface area (Å²) in [6, 6.07) is 12.0. The molecular weight excluding hydrogens is 529 g/mol. The highest BCUT2D eigenvalue weighted by molar-refractivity contribution is 5.96. The van der Waals surface area contributed by atoms with Gasteiger partial charge in [-0.3, -0.25) is 4.79 Å². The molecule has 0 spiro atoms. The first kappa shape index (κ1) is 26.2. The summed E-state index contributed by atoms with van der Waals surface area (Å²) in [7, 11) is 0. The number of nitrogens with two attached hydrogens (primary N) is 1. The normalized spacial score (nSPS) is 22.0. The third-order valence-corrected chi connectivity index (χ3v) is 7.63. The number of amides is 3. The highest BCUT2D eigenvalue weighted by atomic mass is 19.4. The Balaban J connectivity index is 1.12. The molecule has 3 heterocycles. The molecular formula is C28H27F3N4O5. The Morgan fingerprint density at radius 2 is 1.82 bits per heavy atom. The molecule has 4 aliphatic rings. The molecule has 3 aromatic rings. The molecule has 3 N–H and O–H groups in total. The number of fused-ring (bicyclic) bond motifs is 2. The van der Waals surface area contributed by atoms with E-state index in [2.05, 4.69) is 15.2 Å². The smallest absolute Gasteiger partial charge is 0.405 e. The van der Waals surface area contributed by atoms with Crippen LogP contribution in [0.3, 0.4) is 0 Å². The number of halogens is 3. The summed E-state index contributed by atoms with van der Waals surface area (Å²) in [4.78, 5) is 26.2. The van der Waals surface area contributed by atoms with E-state index in [1.165, 1.54) is 24.3 Å². The van der Waals surface area contributed by atoms with E-state index < -0.39 is 12.3 Å². The quantitative estimate of drug-likeness (QED) is 0.374. The van der Waals surface area contributed by atoms with Crippen molar-refractivity contribution in [3.8, 4) is 17.0 Å². The van der Waals surface area contributed by atoms with Crippen molar-refractivity contribution in [2.75, 3.05) is 5.32 Å². The third-order valence-electron chi connectivity index (χ3n) is 7.63. The summed E-state index contributed by atoms with van der Waals surface area (Å²) in [6.45, 7) is 0.126. The minimum absolute atomic E-state index is 0.00571. The van der Waals surface area contributed by atoms with Crippen LogP contribution < -0.4 is 15.8 Å². The lowest BCUT2D eigenvalue weighted by atomic mass is 9.78. The molecule has 2 saturated carbocycles. The SMILES string of the molecule is NC(=O)c1cccc(NC(=O)N2C3CC(OCc4c(-c5ccccc5OC(F)(F)F)noc4C4CC4)CC2C3)c1. The summed E-state index contributed by atoms with van der Waals surface area (Å²) in [5, 5.41) is 6.96. The predicted molar refractivity (Wildman–Crippen MR) is 136 cm³/mol. The molecule has 2 unspecified atom stereocenters. The van der Waals surface area contributed by atoms with Crippen molar-refractivity contribution in [1.29, 1.82) is 0 Å². The first-order valence-electron chi connectivity index (χ1n) is 13.1. The van der Waals surface area contributed by atoms with Crippen LogP contribution >= 0.6 is 0 Å². The third kappa shape index (κ3) is 5.35. The zero-order valence-electron chi connectivity index (χ0n) is 21.3. The minimum Gasteiger partial charge on any atom is -0.405 e. The number of nitrogens with one attached hydrogen (secondary N) is 1. The summed E-state index contributed by atoms with van der Waals surface area (Å²) in [5.74, 6) is -0.123. The lowest BCUT2D eigenvalue weighted by Crippen LogP contribution is -2.65. The van der Waals surface area contributed by atoms with Crippen LogP contribution in [-0.2, 0) is 11.3 Å². The molecule has 2 aliphatic carbocycles. The number of primary amides is 1. The van der Waals surface area contributed by atoms with Gasteiger partial charge in [-0.1, -0.05) is 23.4 Å². The van der Waals surface area contributed by atoms with Gasteiger partial charge < -0.3 is 29.9 Å². The number of hydrogen-bond acceptors (Lipinski definition) is 6. The molecule has 3 amide bonds. The zero-order chi connectivity index (χ0) is 28.0. The molecule has 210 valence electrons. The van der Waals surface area contributed by atoms with Crippen molar-refractivity contribution in [3.05, 3.63) is 65.4 Å². The van der Waals surface area contributed by atoms with E-state index >= 15 is 0 Å². The van der Waals surface area contributed by atoms with Gasteiger partial charge in [-0.2, -0.15) is 0 Å². The second-order valence-corrected chi connectivity index (χ2v) is 10.4. The Kier molecular flexibility index (Phi) is 6.65. The highest BCUT2D eigenvalue weighted by Gasteiger charge is 2.48. The number of urea groups is 1. The molecule has 1 aromatic heterocycles. The number of benzene rings is 2. The van der Waals surface area contributed by atoms with Gasteiger partial charge in [0, 0.05) is 40.4 Å². The van der Waals surface area contributed by atoms with Crippen LogP contribution in [0.15, 0.2) is 53.1 Å². The van der Waals surface area contributed by atoms with Gasteiger partial charge in [0.15, 0.2) is 0 Å². The number of ether oxygens (including phenoxy) is 2. The monoisotopic (exact) mass is 556 g/mol. The van der Waals surface area contributed by atoms with E-state index in [-0.39, 0.29) is 53.8 Å². The van der Waals surface area contributed by atoms with Gasteiger partial charge in [0.1, 0.15) is 17.2 Å². The van der Waals surface area contributed by atoms with Crippen LogP contribution in [0, 0.1) is 0 Å². The van der Waals surface area contributed by atoms with Crippen molar-refractivity contribution < 1.29 is 36.8 Å². The van der Waals surface area contributed by atoms with Crippen LogP contribution in [0.4, 0.5) is 23.7 Å². The Labute approximate surface area is 227 Å². The highest BCUT2D eigenvalue weighted by Crippen LogP contribution is 2.46. The fraction of sp³-hybridized carbons (Fsp3) is 0.393. The summed E-state index contributed by atoms with van der Waals surface area (Å²) < 4.78 is 55.2. The lowest BCUT2D eigenvalue weighted by Gasteiger charge is -2.54. The predicted octanol–water partition coefficient (Wildman–Crippen LogP) is 5.57. The molecule has 0 radical (unpaired) electrons. The molecule has 2 aliphatic heterocycles. The second-order valence-electron chi connectivity index (χ2n) is 10.4. The summed E-state index contributed by atoms with van der Waals surface area (Å²) >= 11 is 0. The molecule has 2 atom stereocenters. The number of rotatable bonds is 8. The van der Waals surface area contributed by atoms with Crippen LogP contribution in [0.1, 0.15) is 59.7 Å². The molecule has 7 rings (SSSR count). The number of hydrogen-bond donors (Lipinski definition) is 2. The Morgan fingerprint density at radius 1 is 1.07 bits per heavy atom. The average molecular weight is 557 g/mol. The van der Waals surface area contributed by atoms with Gasteiger partial charge in [-0.25, -0.2) is 4.79 Å². The average Bonchev–Trinajstić information content (AvgIpc) is 3.66. The van der Waals surface area contributed by atoms with E-state index in [0.717, 1.165) is 19.3 Å². The van der Waals surface area contributed by atoms with Gasteiger partial charge in [-0.05, 0) is 62.4 Å². The number of carbonyl (C=O) groups excluding carboxylic acids is 2. The maximum Gasteiger partial charge on any atom is 0.573 e. The summed E-state index contributed by atoms with van der Waals surface area (Å²) in [6.07, 6.45) is -1.03. The van der Waals surface area contributed by atoms with Crippen molar-refractivity contribution in [2.24, 2.45) is 5.73 Å². The Hall–Kier alpha value is -4.06. The van der Waals surface area contributed by atoms with Crippen molar-refractivity contribution in [1.82, 2.24) is 10.1 Å². The van der Waals surface area contributed by atoms with E-state index in [9.17, 15) is 22.8 Å². The molecule has 2 bridgehead atoms. The van der Waals surface area contributed by atoms with Gasteiger partial charge in [-0.15, -0.1) is 13.2 Å². The number of para-hydroxylation sites is 1. The lowest BCUT2D eigenvalue weighted by molar-refractivity contribution is -0.274. The Bertz CT molecular complexity index is 1430. The molecule has 4 fully saturated rings. The number of nitrogens with zero attached hydrogens (tertiary/aromatic N) is 2. The van der Waals surface area contributed by atoms with Gasteiger partial charge in [0.25, 0.3) is 0 Å². The first-order chi connectivity index (χ1) is 19.2. The standard InChI is InChI=1S/C28H27F3N4O5/c29-28(30,31)39-23-7-2-1-6-21(23)24-22(25(40-34-24)15-8-9-15)14-38-20-12-18-11-19(13-20)35(18)27(37)33-17-5-3-4-16(10-17)26(32)36/h1-7,10,15,18-20H,8-9,11-14H2,(H2,32,36)(H,33,37). The maximum absolute atomic E-state index is 13.0. The number of alkyl halides is 3. The zero-order valence-corrected chi connectivity index (χ0v) is 21.3. The fourth-order valence-electron chi connectivity index (χ4n) is 5.65. The van der Waals surface area contributed by atoms with Crippen molar-refractivity contribution in [2.45, 2.75) is 69.2 Å². The topological polar surface area (TPSA) is 120 Å². The van der Waals surface area contributed by atoms with Crippen LogP contribution in [0.25, 0.3) is 11.3 Å². The van der Waals surface area contributed by atoms with Crippen molar-refractivity contribution >= 4 is 17.6 Å². The summed E-state index contributed by atoms with van der Waals surface area (Å²) in [5.41, 5.74) is 7.22. The van der Waals surface area contributed by atoms with E-state index in [0.29, 0.717) is 35.4 Å². The largest absolute Gasteiger partial charge is 0.573 e. The second kappa shape index (κ2) is 10.2. The van der Waals surface area contributed by atoms with Gasteiger partial charge >= 0.3 is 12.4 Å². The fourth-order valence-corrected chi connectivity index (χ4v) is 5.65. The molecule has 2 saturated heterocycles. The van der Waals surface area contributed by atoms with E-state index in [4.69, 9.17) is 15.0 Å². The minimum atomic E-state index is -4.85. The van der Waals surface area contributed by atoms with Crippen LogP contribution in [-0.4, -0.2) is 46.5 Å². The molecule has 40 heavy (non-hydrogen) atoms. The first-order valence-corrected chi connectivity index (χ1v) is 13.1. The van der Waals surface area contributed by atoms with Crippen LogP contribution in [0.2, 0.25) is 0 Å². The molecule has 12 heteroatoms. The number of aromatic nitrogens is 1. The van der Waals surface area contributed by atoms with Gasteiger partial charge in [0.2, 0.25) is 5.91 Å². The molecule has 2 aromatic carbocycles. The Morgan fingerprint density at radius 3 is 2.52 bits per heavy atom. The number of piperidine rings is 1. The molecule has 9 nitrogen and oxygen atoms in total. The number of carbonyl (C=O) groups is 2. The maximum atomic E-state index is 13.0. The van der Waals surface area contributed by atoms with Crippen LogP contribution in [0.5, 0.6) is 5.75 Å². The van der Waals surface area contributed by atoms with E-state index in [1.54, 1.807) is 29.2 Å². The van der Waals surface area contributed by atoms with E-state index in [1.807, 2.05) is 0 Å². The number of anilines is 1. The van der Waals surface area contributed by atoms with Gasteiger partial charge in [0.05, 0.1) is 12.7 Å². The van der Waals surface area contributed by atoms with Crippen molar-refractivity contribution in [3.63, 3.8) is 0 Å².